The standard InChI is InChI=1S/C22H28FNO2/c1-2-26-21-10-6-19(7-11-21)15-24-13-3-12-22(16-24,17-25)14-18-4-8-20(23)9-5-18/h4-11,25H,2-3,12-17H2,1H3. The first-order valence-electron chi connectivity index (χ1n) is 9.42. The van der Waals surface area contributed by atoms with Crippen molar-refractivity contribution >= 4 is 0 Å². The average molecular weight is 357 g/mol. The number of piperidine rings is 1. The van der Waals surface area contributed by atoms with Gasteiger partial charge >= 0.3 is 0 Å². The molecule has 0 spiro atoms. The summed E-state index contributed by atoms with van der Waals surface area (Å²) in [6.07, 6.45) is 2.85. The molecule has 2 aromatic carbocycles. The highest BCUT2D eigenvalue weighted by Gasteiger charge is 2.35. The van der Waals surface area contributed by atoms with Crippen LogP contribution in [0.4, 0.5) is 4.39 Å². The van der Waals surface area contributed by atoms with Crippen LogP contribution in [0.15, 0.2) is 48.5 Å². The van der Waals surface area contributed by atoms with Crippen molar-refractivity contribution in [2.75, 3.05) is 26.3 Å². The minimum absolute atomic E-state index is 0.151. The van der Waals surface area contributed by atoms with E-state index in [1.807, 2.05) is 31.2 Å². The molecule has 1 saturated heterocycles. The van der Waals surface area contributed by atoms with Crippen molar-refractivity contribution in [3.8, 4) is 5.75 Å². The highest BCUT2D eigenvalue weighted by molar-refractivity contribution is 5.27. The number of nitrogens with zero attached hydrogens (tertiary/aromatic N) is 1. The molecule has 26 heavy (non-hydrogen) atoms. The van der Waals surface area contributed by atoms with E-state index in [0.717, 1.165) is 50.2 Å². The third kappa shape index (κ3) is 4.83. The Hall–Kier alpha value is -1.91. The Morgan fingerprint density at radius 1 is 1.08 bits per heavy atom. The topological polar surface area (TPSA) is 32.7 Å². The van der Waals surface area contributed by atoms with Gasteiger partial charge in [-0.3, -0.25) is 4.90 Å². The summed E-state index contributed by atoms with van der Waals surface area (Å²) in [5.41, 5.74) is 2.19. The van der Waals surface area contributed by atoms with Gasteiger partial charge in [-0.1, -0.05) is 24.3 Å². The van der Waals surface area contributed by atoms with E-state index in [0.29, 0.717) is 6.61 Å². The minimum Gasteiger partial charge on any atom is -0.494 e. The summed E-state index contributed by atoms with van der Waals surface area (Å²) in [5, 5.41) is 10.1. The van der Waals surface area contributed by atoms with Gasteiger partial charge in [-0.2, -0.15) is 0 Å². The number of halogens is 1. The Bertz CT molecular complexity index is 686. The second-order valence-electron chi connectivity index (χ2n) is 7.35. The van der Waals surface area contributed by atoms with Gasteiger partial charge in [-0.25, -0.2) is 4.39 Å². The fraction of sp³-hybridized carbons (Fsp3) is 0.455. The predicted octanol–water partition coefficient (Wildman–Crippen LogP) is 4.04. The summed E-state index contributed by atoms with van der Waals surface area (Å²) < 4.78 is 18.7. The third-order valence-corrected chi connectivity index (χ3v) is 5.21. The number of hydrogen-bond acceptors (Lipinski definition) is 3. The fourth-order valence-corrected chi connectivity index (χ4v) is 3.93. The van der Waals surface area contributed by atoms with Crippen LogP contribution < -0.4 is 4.74 Å². The molecular formula is C22H28FNO2. The molecule has 0 radical (unpaired) electrons. The van der Waals surface area contributed by atoms with Gasteiger partial charge in [0.15, 0.2) is 0 Å². The molecule has 1 aliphatic rings. The van der Waals surface area contributed by atoms with E-state index in [1.54, 1.807) is 0 Å². The van der Waals surface area contributed by atoms with Crippen LogP contribution in [0.1, 0.15) is 30.9 Å². The largest absolute Gasteiger partial charge is 0.494 e. The van der Waals surface area contributed by atoms with Gasteiger partial charge in [-0.15, -0.1) is 0 Å². The SMILES string of the molecule is CCOc1ccc(CN2CCCC(CO)(Cc3ccc(F)cc3)C2)cc1. The normalized spacial score (nSPS) is 20.9. The first kappa shape index (κ1) is 18.9. The van der Waals surface area contributed by atoms with Crippen LogP contribution in [0.5, 0.6) is 5.75 Å². The van der Waals surface area contributed by atoms with E-state index in [4.69, 9.17) is 4.74 Å². The van der Waals surface area contributed by atoms with E-state index < -0.39 is 0 Å². The lowest BCUT2D eigenvalue weighted by Gasteiger charge is -2.42. The molecule has 1 heterocycles. The van der Waals surface area contributed by atoms with Gasteiger partial charge in [0, 0.05) is 18.5 Å². The first-order chi connectivity index (χ1) is 12.6. The lowest BCUT2D eigenvalue weighted by Crippen LogP contribution is -2.46. The van der Waals surface area contributed by atoms with Crippen molar-refractivity contribution in [2.24, 2.45) is 5.41 Å². The second-order valence-corrected chi connectivity index (χ2v) is 7.35. The molecule has 3 nitrogen and oxygen atoms in total. The van der Waals surface area contributed by atoms with Gasteiger partial charge in [-0.05, 0) is 68.1 Å². The molecule has 1 N–H and O–H groups in total. The monoisotopic (exact) mass is 357 g/mol. The summed E-state index contributed by atoms with van der Waals surface area (Å²) in [6.45, 7) is 5.58. The number of aliphatic hydroxyl groups excluding tert-OH is 1. The number of benzene rings is 2. The molecule has 1 fully saturated rings. The fourth-order valence-electron chi connectivity index (χ4n) is 3.93. The quantitative estimate of drug-likeness (QED) is 0.812. The smallest absolute Gasteiger partial charge is 0.123 e. The zero-order valence-corrected chi connectivity index (χ0v) is 15.5. The zero-order chi connectivity index (χ0) is 18.4. The Labute approximate surface area is 155 Å². The van der Waals surface area contributed by atoms with E-state index in [-0.39, 0.29) is 17.8 Å². The van der Waals surface area contributed by atoms with Crippen LogP contribution in [-0.2, 0) is 13.0 Å². The number of likely N-dealkylation sites (tertiary alicyclic amines) is 1. The predicted molar refractivity (Wildman–Crippen MR) is 102 cm³/mol. The molecule has 0 aromatic heterocycles. The van der Waals surface area contributed by atoms with Gasteiger partial charge in [0.05, 0.1) is 13.2 Å². The van der Waals surface area contributed by atoms with E-state index in [9.17, 15) is 9.50 Å². The maximum absolute atomic E-state index is 13.2. The number of hydrogen-bond donors (Lipinski definition) is 1. The van der Waals surface area contributed by atoms with Crippen molar-refractivity contribution in [1.29, 1.82) is 0 Å². The van der Waals surface area contributed by atoms with Crippen molar-refractivity contribution < 1.29 is 14.2 Å². The van der Waals surface area contributed by atoms with Crippen LogP contribution in [0.3, 0.4) is 0 Å². The summed E-state index contributed by atoms with van der Waals surface area (Å²) in [7, 11) is 0. The van der Waals surface area contributed by atoms with Gasteiger partial charge < -0.3 is 9.84 Å². The first-order valence-corrected chi connectivity index (χ1v) is 9.42. The summed E-state index contributed by atoms with van der Waals surface area (Å²) in [6, 6.07) is 14.9. The third-order valence-electron chi connectivity index (χ3n) is 5.21. The summed E-state index contributed by atoms with van der Waals surface area (Å²) >= 11 is 0. The second kappa shape index (κ2) is 8.65. The summed E-state index contributed by atoms with van der Waals surface area (Å²) in [5.74, 6) is 0.684. The minimum atomic E-state index is -0.215. The molecule has 1 aliphatic heterocycles. The molecule has 1 unspecified atom stereocenters. The Morgan fingerprint density at radius 3 is 2.42 bits per heavy atom. The van der Waals surface area contributed by atoms with Crippen molar-refractivity contribution in [2.45, 2.75) is 32.7 Å². The molecule has 140 valence electrons. The maximum Gasteiger partial charge on any atom is 0.123 e. The lowest BCUT2D eigenvalue weighted by molar-refractivity contribution is 0.0288. The number of ether oxygens (including phenoxy) is 1. The molecule has 0 aliphatic carbocycles. The van der Waals surface area contributed by atoms with E-state index in [1.165, 1.54) is 17.7 Å². The molecule has 4 heteroatoms. The van der Waals surface area contributed by atoms with E-state index in [2.05, 4.69) is 17.0 Å². The van der Waals surface area contributed by atoms with E-state index >= 15 is 0 Å². The molecule has 0 amide bonds. The summed E-state index contributed by atoms with van der Waals surface area (Å²) in [4.78, 5) is 2.42. The van der Waals surface area contributed by atoms with Crippen LogP contribution in [-0.4, -0.2) is 36.3 Å². The Balaban J connectivity index is 1.65. The number of rotatable bonds is 7. The van der Waals surface area contributed by atoms with Gasteiger partial charge in [0.2, 0.25) is 0 Å². The maximum atomic E-state index is 13.2. The van der Waals surface area contributed by atoms with Crippen molar-refractivity contribution in [1.82, 2.24) is 4.90 Å². The molecule has 1 atom stereocenters. The van der Waals surface area contributed by atoms with Gasteiger partial charge in [0.25, 0.3) is 0 Å². The average Bonchev–Trinajstić information content (AvgIpc) is 2.66. The van der Waals surface area contributed by atoms with Crippen molar-refractivity contribution in [3.63, 3.8) is 0 Å². The van der Waals surface area contributed by atoms with Crippen molar-refractivity contribution in [3.05, 3.63) is 65.5 Å². The van der Waals surface area contributed by atoms with Crippen LogP contribution in [0.25, 0.3) is 0 Å². The lowest BCUT2D eigenvalue weighted by atomic mass is 9.75. The van der Waals surface area contributed by atoms with Crippen LogP contribution in [0, 0.1) is 11.2 Å². The van der Waals surface area contributed by atoms with Gasteiger partial charge in [0.1, 0.15) is 11.6 Å². The number of aliphatic hydroxyl groups is 1. The molecule has 2 aromatic rings. The molecule has 3 rings (SSSR count). The molecular weight excluding hydrogens is 329 g/mol. The molecule has 0 bridgehead atoms. The highest BCUT2D eigenvalue weighted by atomic mass is 19.1. The molecule has 0 saturated carbocycles. The van der Waals surface area contributed by atoms with Crippen LogP contribution in [0.2, 0.25) is 0 Å². The zero-order valence-electron chi connectivity index (χ0n) is 15.5. The van der Waals surface area contributed by atoms with Crippen LogP contribution >= 0.6 is 0 Å². The highest BCUT2D eigenvalue weighted by Crippen LogP contribution is 2.34. The Morgan fingerprint density at radius 2 is 1.77 bits per heavy atom. The Kier molecular flexibility index (Phi) is 6.28.